The van der Waals surface area contributed by atoms with Crippen LogP contribution in [-0.4, -0.2) is 47.9 Å². The number of piperidine rings is 1. The molecule has 0 saturated carbocycles. The van der Waals surface area contributed by atoms with Crippen molar-refractivity contribution in [2.75, 3.05) is 37.0 Å². The molecule has 1 saturated heterocycles. The molecule has 1 aromatic rings. The van der Waals surface area contributed by atoms with Crippen molar-refractivity contribution < 1.29 is 9.84 Å². The van der Waals surface area contributed by atoms with E-state index in [1.807, 2.05) is 6.07 Å². The third-order valence-electron chi connectivity index (χ3n) is 3.83. The zero-order chi connectivity index (χ0) is 15.2. The predicted octanol–water partition coefficient (Wildman–Crippen LogP) is 1.65. The van der Waals surface area contributed by atoms with Crippen molar-refractivity contribution in [3.05, 3.63) is 11.9 Å². The first kappa shape index (κ1) is 16.0. The molecule has 0 aliphatic carbocycles. The fraction of sp³-hybridized carbons (Fsp3) is 0.733. The highest BCUT2D eigenvalue weighted by Crippen LogP contribution is 2.23. The Bertz CT molecular complexity index is 455. The maximum Gasteiger partial charge on any atom is 0.158 e. The van der Waals surface area contributed by atoms with Crippen molar-refractivity contribution in [3.8, 4) is 0 Å². The number of β-amino-alcohol motifs (C(OH)–C–C–N with tert-alkyl or cyclic N) is 1. The summed E-state index contributed by atoms with van der Waals surface area (Å²) in [5.74, 6) is 2.70. The summed E-state index contributed by atoms with van der Waals surface area (Å²) < 4.78 is 5.15. The van der Waals surface area contributed by atoms with Crippen LogP contribution in [0.25, 0.3) is 0 Å². The average Bonchev–Trinajstić information content (AvgIpc) is 2.48. The van der Waals surface area contributed by atoms with Crippen molar-refractivity contribution in [2.24, 2.45) is 5.92 Å². The fourth-order valence-corrected chi connectivity index (χ4v) is 2.44. The lowest BCUT2D eigenvalue weighted by molar-refractivity contribution is 0.102. The van der Waals surface area contributed by atoms with Gasteiger partial charge in [0.25, 0.3) is 0 Å². The minimum atomic E-state index is -0.299. The molecule has 1 fully saturated rings. The molecule has 0 spiro atoms. The minimum Gasteiger partial charge on any atom is -0.391 e. The smallest absolute Gasteiger partial charge is 0.158 e. The highest BCUT2D eigenvalue weighted by Gasteiger charge is 2.25. The van der Waals surface area contributed by atoms with Gasteiger partial charge in [-0.05, 0) is 18.8 Å². The number of nitrogens with zero attached hydrogens (tertiary/aromatic N) is 3. The van der Waals surface area contributed by atoms with Crippen LogP contribution in [0.2, 0.25) is 0 Å². The molecular weight excluding hydrogens is 268 g/mol. The lowest BCUT2D eigenvalue weighted by Gasteiger charge is -2.35. The Labute approximate surface area is 126 Å². The molecule has 2 rings (SSSR count). The van der Waals surface area contributed by atoms with Gasteiger partial charge < -0.3 is 20.1 Å². The van der Waals surface area contributed by atoms with E-state index in [2.05, 4.69) is 34.0 Å². The standard InChI is InChI=1S/C15H26N4O2/c1-4-6-16-13-8-15(18-14(17-13)10-21-3)19-7-5-11(2)12(20)9-19/h8,11-12,20H,4-7,9-10H2,1-3H3,(H,16,17,18). The molecule has 0 bridgehead atoms. The topological polar surface area (TPSA) is 70.5 Å². The van der Waals surface area contributed by atoms with Crippen LogP contribution in [0, 0.1) is 5.92 Å². The molecule has 0 aromatic carbocycles. The summed E-state index contributed by atoms with van der Waals surface area (Å²) >= 11 is 0. The van der Waals surface area contributed by atoms with Gasteiger partial charge in [0.15, 0.2) is 5.82 Å². The molecule has 21 heavy (non-hydrogen) atoms. The number of ether oxygens (including phenoxy) is 1. The van der Waals surface area contributed by atoms with Gasteiger partial charge >= 0.3 is 0 Å². The van der Waals surface area contributed by atoms with Crippen molar-refractivity contribution in [1.82, 2.24) is 9.97 Å². The van der Waals surface area contributed by atoms with Crippen LogP contribution in [0.15, 0.2) is 6.07 Å². The van der Waals surface area contributed by atoms with Crippen LogP contribution >= 0.6 is 0 Å². The molecule has 6 heteroatoms. The van der Waals surface area contributed by atoms with Gasteiger partial charge in [-0.15, -0.1) is 0 Å². The SMILES string of the molecule is CCCNc1cc(N2CCC(C)C(O)C2)nc(COC)n1. The van der Waals surface area contributed by atoms with Crippen LogP contribution in [0.4, 0.5) is 11.6 Å². The summed E-state index contributed by atoms with van der Waals surface area (Å²) in [6, 6.07) is 1.96. The number of aliphatic hydroxyl groups excluding tert-OH is 1. The molecule has 2 N–H and O–H groups in total. The van der Waals surface area contributed by atoms with Gasteiger partial charge in [0.05, 0.1) is 6.10 Å². The van der Waals surface area contributed by atoms with E-state index in [9.17, 15) is 5.11 Å². The second kappa shape index (κ2) is 7.56. The number of hydrogen-bond acceptors (Lipinski definition) is 6. The first-order valence-corrected chi connectivity index (χ1v) is 7.67. The Morgan fingerprint density at radius 3 is 2.95 bits per heavy atom. The monoisotopic (exact) mass is 294 g/mol. The summed E-state index contributed by atoms with van der Waals surface area (Å²) in [4.78, 5) is 11.1. The maximum atomic E-state index is 10.1. The quantitative estimate of drug-likeness (QED) is 0.831. The van der Waals surface area contributed by atoms with Crippen LogP contribution in [-0.2, 0) is 11.3 Å². The normalized spacial score (nSPS) is 22.4. The lowest BCUT2D eigenvalue weighted by Crippen LogP contribution is -2.43. The number of aromatic nitrogens is 2. The Morgan fingerprint density at radius 1 is 1.48 bits per heavy atom. The van der Waals surface area contributed by atoms with Crippen LogP contribution in [0.3, 0.4) is 0 Å². The Balaban J connectivity index is 2.18. The second-order valence-corrected chi connectivity index (χ2v) is 5.67. The molecular formula is C15H26N4O2. The van der Waals surface area contributed by atoms with Gasteiger partial charge in [-0.25, -0.2) is 9.97 Å². The number of methoxy groups -OCH3 is 1. The minimum absolute atomic E-state index is 0.299. The summed E-state index contributed by atoms with van der Waals surface area (Å²) in [6.07, 6.45) is 1.72. The van der Waals surface area contributed by atoms with Crippen molar-refractivity contribution in [3.63, 3.8) is 0 Å². The van der Waals surface area contributed by atoms with Crippen LogP contribution in [0.1, 0.15) is 32.5 Å². The Morgan fingerprint density at radius 2 is 2.29 bits per heavy atom. The van der Waals surface area contributed by atoms with E-state index >= 15 is 0 Å². The molecule has 1 aromatic heterocycles. The molecule has 1 aliphatic heterocycles. The molecule has 0 amide bonds. The van der Waals surface area contributed by atoms with E-state index in [0.29, 0.717) is 24.9 Å². The maximum absolute atomic E-state index is 10.1. The van der Waals surface area contributed by atoms with E-state index in [1.165, 1.54) is 0 Å². The number of anilines is 2. The van der Waals surface area contributed by atoms with Crippen molar-refractivity contribution in [1.29, 1.82) is 0 Å². The summed E-state index contributed by atoms with van der Waals surface area (Å²) in [5.41, 5.74) is 0. The molecule has 118 valence electrons. The lowest BCUT2D eigenvalue weighted by atomic mass is 9.96. The highest BCUT2D eigenvalue weighted by atomic mass is 16.5. The number of nitrogens with one attached hydrogen (secondary N) is 1. The zero-order valence-electron chi connectivity index (χ0n) is 13.2. The van der Waals surface area contributed by atoms with Crippen LogP contribution < -0.4 is 10.2 Å². The third kappa shape index (κ3) is 4.28. The van der Waals surface area contributed by atoms with E-state index in [1.54, 1.807) is 7.11 Å². The van der Waals surface area contributed by atoms with E-state index in [-0.39, 0.29) is 6.10 Å². The van der Waals surface area contributed by atoms with Crippen molar-refractivity contribution >= 4 is 11.6 Å². The first-order chi connectivity index (χ1) is 10.1. The summed E-state index contributed by atoms with van der Waals surface area (Å²) in [7, 11) is 1.64. The van der Waals surface area contributed by atoms with Crippen molar-refractivity contribution in [2.45, 2.75) is 39.4 Å². The molecule has 2 heterocycles. The average molecular weight is 294 g/mol. The van der Waals surface area contributed by atoms with Gasteiger partial charge in [-0.3, -0.25) is 0 Å². The van der Waals surface area contributed by atoms with Gasteiger partial charge in [0, 0.05) is 32.8 Å². The number of aliphatic hydroxyl groups is 1. The van der Waals surface area contributed by atoms with Gasteiger partial charge in [0.2, 0.25) is 0 Å². The Hall–Kier alpha value is -1.40. The van der Waals surface area contributed by atoms with E-state index in [4.69, 9.17) is 4.74 Å². The van der Waals surface area contributed by atoms with E-state index < -0.39 is 0 Å². The number of hydrogen-bond donors (Lipinski definition) is 2. The largest absolute Gasteiger partial charge is 0.391 e. The molecule has 6 nitrogen and oxygen atoms in total. The number of rotatable bonds is 6. The molecule has 2 unspecified atom stereocenters. The third-order valence-corrected chi connectivity index (χ3v) is 3.83. The van der Waals surface area contributed by atoms with Crippen LogP contribution in [0.5, 0.6) is 0 Å². The zero-order valence-corrected chi connectivity index (χ0v) is 13.2. The Kier molecular flexibility index (Phi) is 5.76. The van der Waals surface area contributed by atoms with Gasteiger partial charge in [-0.2, -0.15) is 0 Å². The first-order valence-electron chi connectivity index (χ1n) is 7.67. The summed E-state index contributed by atoms with van der Waals surface area (Å²) in [5, 5.41) is 13.4. The van der Waals surface area contributed by atoms with Gasteiger partial charge in [-0.1, -0.05) is 13.8 Å². The van der Waals surface area contributed by atoms with Gasteiger partial charge in [0.1, 0.15) is 18.2 Å². The molecule has 0 radical (unpaired) electrons. The molecule has 2 atom stereocenters. The predicted molar refractivity (Wildman–Crippen MR) is 83.5 cm³/mol. The fourth-order valence-electron chi connectivity index (χ4n) is 2.44. The molecule has 1 aliphatic rings. The second-order valence-electron chi connectivity index (χ2n) is 5.67. The van der Waals surface area contributed by atoms with E-state index in [0.717, 1.165) is 37.6 Å². The summed E-state index contributed by atoms with van der Waals surface area (Å²) in [6.45, 7) is 7.01. The highest BCUT2D eigenvalue weighted by molar-refractivity contribution is 5.50.